The van der Waals surface area contributed by atoms with Crippen LogP contribution in [-0.4, -0.2) is 20.9 Å². The maximum Gasteiger partial charge on any atom is 0.416 e. The molecule has 37 heavy (non-hydrogen) atoms. The van der Waals surface area contributed by atoms with Crippen molar-refractivity contribution in [3.63, 3.8) is 0 Å². The molecule has 196 valence electrons. The van der Waals surface area contributed by atoms with Crippen molar-refractivity contribution < 1.29 is 26.4 Å². The molecule has 5 nitrogen and oxygen atoms in total. The summed E-state index contributed by atoms with van der Waals surface area (Å²) in [5, 5.41) is 2.81. The van der Waals surface area contributed by atoms with E-state index < -0.39 is 40.3 Å². The number of amides is 1. The fourth-order valence-electron chi connectivity index (χ4n) is 4.51. The van der Waals surface area contributed by atoms with Gasteiger partial charge in [0.25, 0.3) is 10.0 Å². The molecule has 3 aromatic rings. The highest BCUT2D eigenvalue weighted by molar-refractivity contribution is 7.92. The molecule has 0 fully saturated rings. The van der Waals surface area contributed by atoms with Crippen LogP contribution in [0.4, 0.5) is 18.9 Å². The van der Waals surface area contributed by atoms with Crippen molar-refractivity contribution in [3.05, 3.63) is 94.5 Å². The van der Waals surface area contributed by atoms with Crippen LogP contribution in [0, 0.1) is 6.92 Å². The quantitative estimate of drug-likeness (QED) is 0.410. The van der Waals surface area contributed by atoms with Gasteiger partial charge >= 0.3 is 6.18 Å². The van der Waals surface area contributed by atoms with Gasteiger partial charge in [0.1, 0.15) is 6.54 Å². The van der Waals surface area contributed by atoms with E-state index in [-0.39, 0.29) is 10.6 Å². The van der Waals surface area contributed by atoms with E-state index in [4.69, 9.17) is 0 Å². The van der Waals surface area contributed by atoms with Gasteiger partial charge in [-0.2, -0.15) is 13.2 Å². The van der Waals surface area contributed by atoms with Crippen molar-refractivity contribution in [1.29, 1.82) is 0 Å². The highest BCUT2D eigenvalue weighted by Crippen LogP contribution is 2.33. The van der Waals surface area contributed by atoms with Crippen LogP contribution in [-0.2, 0) is 33.8 Å². The Kier molecular flexibility index (Phi) is 7.64. The molecule has 0 radical (unpaired) electrons. The monoisotopic (exact) mass is 530 g/mol. The van der Waals surface area contributed by atoms with Crippen LogP contribution in [0.1, 0.15) is 53.6 Å². The Morgan fingerprint density at radius 3 is 2.32 bits per heavy atom. The maximum atomic E-state index is 13.5. The Morgan fingerprint density at radius 1 is 0.973 bits per heavy atom. The van der Waals surface area contributed by atoms with Gasteiger partial charge in [0.05, 0.1) is 22.2 Å². The van der Waals surface area contributed by atoms with E-state index in [0.29, 0.717) is 0 Å². The smallest absolute Gasteiger partial charge is 0.348 e. The van der Waals surface area contributed by atoms with Gasteiger partial charge in [-0.3, -0.25) is 9.10 Å². The number of halogens is 3. The molecule has 0 saturated carbocycles. The second kappa shape index (κ2) is 10.6. The van der Waals surface area contributed by atoms with Gasteiger partial charge in [-0.05, 0) is 86.6 Å². The van der Waals surface area contributed by atoms with E-state index in [9.17, 15) is 26.4 Å². The second-order valence-electron chi connectivity index (χ2n) is 9.40. The van der Waals surface area contributed by atoms with Gasteiger partial charge in [-0.1, -0.05) is 42.0 Å². The molecule has 1 atom stereocenters. The predicted molar refractivity (Wildman–Crippen MR) is 137 cm³/mol. The number of rotatable bonds is 7. The van der Waals surface area contributed by atoms with Crippen LogP contribution >= 0.6 is 0 Å². The van der Waals surface area contributed by atoms with Crippen molar-refractivity contribution in [1.82, 2.24) is 5.32 Å². The third-order valence-electron chi connectivity index (χ3n) is 6.61. The first-order valence-electron chi connectivity index (χ1n) is 12.1. The molecule has 0 aromatic heterocycles. The van der Waals surface area contributed by atoms with Gasteiger partial charge in [0.15, 0.2) is 0 Å². The van der Waals surface area contributed by atoms with Gasteiger partial charge in [0, 0.05) is 0 Å². The minimum Gasteiger partial charge on any atom is -0.348 e. The molecule has 0 aliphatic heterocycles. The summed E-state index contributed by atoms with van der Waals surface area (Å²) in [6.45, 7) is 2.91. The summed E-state index contributed by atoms with van der Waals surface area (Å²) in [5.41, 5.74) is 3.01. The average Bonchev–Trinajstić information content (AvgIpc) is 2.86. The number of fused-ring (bicyclic) bond motifs is 1. The lowest BCUT2D eigenvalue weighted by molar-refractivity contribution is -0.137. The SMILES string of the molecule is Cc1ccc(S(=O)(=O)N(CC(=O)N[C@@H](C)c2ccc3c(c2)CCCC3)c2cccc(C(F)(F)F)c2)cc1. The largest absolute Gasteiger partial charge is 0.416 e. The molecule has 4 rings (SSSR count). The van der Waals surface area contributed by atoms with Crippen molar-refractivity contribution in [2.24, 2.45) is 0 Å². The molecule has 0 unspecified atom stereocenters. The number of hydrogen-bond acceptors (Lipinski definition) is 3. The van der Waals surface area contributed by atoms with Crippen molar-refractivity contribution in [3.8, 4) is 0 Å². The number of aryl methyl sites for hydroxylation is 3. The number of anilines is 1. The molecule has 1 aliphatic carbocycles. The maximum absolute atomic E-state index is 13.5. The number of benzene rings is 3. The van der Waals surface area contributed by atoms with Crippen molar-refractivity contribution >= 4 is 21.6 Å². The second-order valence-corrected chi connectivity index (χ2v) is 11.3. The summed E-state index contributed by atoms with van der Waals surface area (Å²) < 4.78 is 67.9. The van der Waals surface area contributed by atoms with Crippen LogP contribution in [0.25, 0.3) is 0 Å². The number of nitrogens with one attached hydrogen (secondary N) is 1. The Bertz CT molecular complexity index is 1390. The third kappa shape index (κ3) is 6.15. The zero-order chi connectivity index (χ0) is 26.8. The van der Waals surface area contributed by atoms with E-state index in [1.165, 1.54) is 29.3 Å². The lowest BCUT2D eigenvalue weighted by Gasteiger charge is -2.26. The van der Waals surface area contributed by atoms with E-state index >= 15 is 0 Å². The van der Waals surface area contributed by atoms with Crippen LogP contribution in [0.2, 0.25) is 0 Å². The highest BCUT2D eigenvalue weighted by atomic mass is 32.2. The summed E-state index contributed by atoms with van der Waals surface area (Å²) in [6, 6.07) is 15.6. The van der Waals surface area contributed by atoms with Crippen LogP contribution in [0.15, 0.2) is 71.6 Å². The first-order valence-corrected chi connectivity index (χ1v) is 13.6. The molecule has 9 heteroatoms. The topological polar surface area (TPSA) is 66.5 Å². The molecule has 0 saturated heterocycles. The summed E-state index contributed by atoms with van der Waals surface area (Å²) in [4.78, 5) is 13.0. The minimum atomic E-state index is -4.67. The summed E-state index contributed by atoms with van der Waals surface area (Å²) in [6.07, 6.45) is -0.404. The van der Waals surface area contributed by atoms with Crippen molar-refractivity contribution in [2.75, 3.05) is 10.8 Å². The highest BCUT2D eigenvalue weighted by Gasteiger charge is 2.33. The predicted octanol–water partition coefficient (Wildman–Crippen LogP) is 5.97. The normalized spacial score (nSPS) is 14.5. The van der Waals surface area contributed by atoms with Gasteiger partial charge in [-0.25, -0.2) is 8.42 Å². The molecule has 0 spiro atoms. The first-order chi connectivity index (χ1) is 17.4. The average molecular weight is 531 g/mol. The fourth-order valence-corrected chi connectivity index (χ4v) is 5.93. The third-order valence-corrected chi connectivity index (χ3v) is 8.40. The number of sulfonamides is 1. The lowest BCUT2D eigenvalue weighted by atomic mass is 9.89. The summed E-state index contributed by atoms with van der Waals surface area (Å²) >= 11 is 0. The Labute approximate surface area is 215 Å². The summed E-state index contributed by atoms with van der Waals surface area (Å²) in [7, 11) is -4.34. The van der Waals surface area contributed by atoms with E-state index in [1.54, 1.807) is 26.0 Å². The molecular formula is C28H29F3N2O3S. The Morgan fingerprint density at radius 2 is 1.65 bits per heavy atom. The van der Waals surface area contributed by atoms with Gasteiger partial charge in [0.2, 0.25) is 5.91 Å². The number of carbonyl (C=O) groups is 1. The summed E-state index contributed by atoms with van der Waals surface area (Å²) in [5.74, 6) is -0.627. The molecule has 1 amide bonds. The molecule has 0 bridgehead atoms. The number of nitrogens with zero attached hydrogens (tertiary/aromatic N) is 1. The molecule has 3 aromatic carbocycles. The molecule has 1 N–H and O–H groups in total. The van der Waals surface area contributed by atoms with E-state index in [0.717, 1.165) is 59.3 Å². The zero-order valence-electron chi connectivity index (χ0n) is 20.7. The zero-order valence-corrected chi connectivity index (χ0v) is 21.5. The van der Waals surface area contributed by atoms with E-state index in [2.05, 4.69) is 17.4 Å². The Hall–Kier alpha value is -3.33. The molecule has 0 heterocycles. The van der Waals surface area contributed by atoms with Crippen LogP contribution in [0.3, 0.4) is 0 Å². The van der Waals surface area contributed by atoms with Gasteiger partial charge in [-0.15, -0.1) is 0 Å². The lowest BCUT2D eigenvalue weighted by Crippen LogP contribution is -2.41. The van der Waals surface area contributed by atoms with Crippen LogP contribution < -0.4 is 9.62 Å². The number of carbonyl (C=O) groups excluding carboxylic acids is 1. The standard InChI is InChI=1S/C28H29F3N2O3S/c1-19-10-14-26(15-11-19)37(35,36)33(25-9-5-8-24(17-25)28(29,30)31)18-27(34)32-20(2)22-13-12-21-6-3-4-7-23(21)16-22/h5,8-17,20H,3-4,6-7,18H2,1-2H3,(H,32,34)/t20-/m0/s1. The fraction of sp³-hybridized carbons (Fsp3) is 0.321. The minimum absolute atomic E-state index is 0.119. The Balaban J connectivity index is 1.62. The number of alkyl halides is 3. The molecule has 1 aliphatic rings. The number of hydrogen-bond donors (Lipinski definition) is 1. The van der Waals surface area contributed by atoms with Crippen molar-refractivity contribution in [2.45, 2.75) is 56.6 Å². The van der Waals surface area contributed by atoms with Gasteiger partial charge < -0.3 is 5.32 Å². The first kappa shape index (κ1) is 26.7. The van der Waals surface area contributed by atoms with E-state index in [1.807, 2.05) is 6.07 Å². The molecular weight excluding hydrogens is 501 g/mol. The van der Waals surface area contributed by atoms with Crippen LogP contribution in [0.5, 0.6) is 0 Å².